The molecule has 3 nitrogen and oxygen atoms in total. The molecule has 16 heavy (non-hydrogen) atoms. The number of benzene rings is 1. The van der Waals surface area contributed by atoms with Crippen molar-refractivity contribution in [2.45, 2.75) is 12.0 Å². The van der Waals surface area contributed by atoms with Crippen LogP contribution in [0.5, 0.6) is 0 Å². The number of hydrogen-bond acceptors (Lipinski definition) is 3. The second-order valence-corrected chi connectivity index (χ2v) is 4.34. The van der Waals surface area contributed by atoms with Crippen molar-refractivity contribution in [2.75, 3.05) is 31.6 Å². The van der Waals surface area contributed by atoms with Crippen LogP contribution in [-0.4, -0.2) is 37.4 Å². The first kappa shape index (κ1) is 11.4. The van der Waals surface area contributed by atoms with E-state index in [0.717, 1.165) is 18.7 Å². The summed E-state index contributed by atoms with van der Waals surface area (Å²) in [6.45, 7) is 1.66. The third-order valence-corrected chi connectivity index (χ3v) is 3.36. The second kappa shape index (κ2) is 4.39. The Kier molecular flexibility index (Phi) is 3.12. The van der Waals surface area contributed by atoms with Crippen LogP contribution in [0.3, 0.4) is 0 Å². The third kappa shape index (κ3) is 2.03. The minimum Gasteiger partial charge on any atom is -0.394 e. The minimum atomic E-state index is -0.244. The van der Waals surface area contributed by atoms with E-state index in [1.807, 2.05) is 13.1 Å². The van der Waals surface area contributed by atoms with E-state index in [9.17, 15) is 9.50 Å². The summed E-state index contributed by atoms with van der Waals surface area (Å²) >= 11 is 0. The van der Waals surface area contributed by atoms with E-state index < -0.39 is 0 Å². The Balaban J connectivity index is 2.14. The van der Waals surface area contributed by atoms with E-state index in [2.05, 4.69) is 10.2 Å². The number of nitrogens with zero attached hydrogens (tertiary/aromatic N) is 1. The molecular formula is C12H17FN2O. The summed E-state index contributed by atoms with van der Waals surface area (Å²) in [4.78, 5) is 2.09. The highest BCUT2D eigenvalue weighted by Gasteiger charge is 2.36. The first-order valence-electron chi connectivity index (χ1n) is 5.49. The van der Waals surface area contributed by atoms with Crippen molar-refractivity contribution in [1.82, 2.24) is 5.32 Å². The van der Waals surface area contributed by atoms with E-state index in [-0.39, 0.29) is 18.0 Å². The Morgan fingerprint density at radius 3 is 2.94 bits per heavy atom. The average Bonchev–Trinajstić information content (AvgIpc) is 2.74. The second-order valence-electron chi connectivity index (χ2n) is 4.34. The number of rotatable bonds is 3. The van der Waals surface area contributed by atoms with Gasteiger partial charge in [0.15, 0.2) is 0 Å². The number of hydrogen-bond donors (Lipinski definition) is 2. The van der Waals surface area contributed by atoms with Gasteiger partial charge in [-0.05, 0) is 31.7 Å². The predicted octanol–water partition coefficient (Wildman–Crippen LogP) is 0.986. The summed E-state index contributed by atoms with van der Waals surface area (Å²) in [5.41, 5.74) is 0.636. The van der Waals surface area contributed by atoms with Gasteiger partial charge in [-0.1, -0.05) is 6.07 Å². The van der Waals surface area contributed by atoms with Crippen molar-refractivity contribution < 1.29 is 9.50 Å². The molecule has 0 spiro atoms. The topological polar surface area (TPSA) is 35.5 Å². The lowest BCUT2D eigenvalue weighted by molar-refractivity contribution is 0.184. The van der Waals surface area contributed by atoms with Crippen molar-refractivity contribution in [2.24, 2.45) is 0 Å². The van der Waals surface area contributed by atoms with Crippen molar-refractivity contribution in [3.8, 4) is 0 Å². The molecule has 1 aromatic rings. The Morgan fingerprint density at radius 1 is 1.56 bits per heavy atom. The number of likely N-dealkylation sites (N-methyl/N-ethyl adjacent to an activating group) is 1. The highest BCUT2D eigenvalue weighted by atomic mass is 19.1. The fourth-order valence-electron chi connectivity index (χ4n) is 2.18. The molecule has 1 heterocycles. The number of halogens is 1. The van der Waals surface area contributed by atoms with Crippen LogP contribution >= 0.6 is 0 Å². The number of aliphatic hydroxyl groups excluding tert-OH is 1. The molecule has 2 rings (SSSR count). The molecule has 1 aromatic carbocycles. The van der Waals surface area contributed by atoms with Crippen LogP contribution in [0.2, 0.25) is 0 Å². The molecule has 0 radical (unpaired) electrons. The maximum atomic E-state index is 13.1. The smallest absolute Gasteiger partial charge is 0.125 e. The molecule has 1 atom stereocenters. The number of nitrogens with one attached hydrogen (secondary N) is 1. The molecule has 1 saturated heterocycles. The third-order valence-electron chi connectivity index (χ3n) is 3.36. The first-order valence-corrected chi connectivity index (χ1v) is 5.49. The molecule has 0 amide bonds. The zero-order chi connectivity index (χ0) is 11.6. The standard InChI is InChI=1S/C12H17FN2O/c1-14-12(9-16)5-6-15(8-12)11-4-2-3-10(13)7-11/h2-4,7,14,16H,5-6,8-9H2,1H3. The lowest BCUT2D eigenvalue weighted by Crippen LogP contribution is -2.48. The summed E-state index contributed by atoms with van der Waals surface area (Å²) in [5.74, 6) is -0.219. The maximum absolute atomic E-state index is 13.1. The lowest BCUT2D eigenvalue weighted by Gasteiger charge is -2.27. The van der Waals surface area contributed by atoms with Gasteiger partial charge >= 0.3 is 0 Å². The van der Waals surface area contributed by atoms with Crippen LogP contribution < -0.4 is 10.2 Å². The molecule has 88 valence electrons. The quantitative estimate of drug-likeness (QED) is 0.803. The van der Waals surface area contributed by atoms with Crippen molar-refractivity contribution >= 4 is 5.69 Å². The highest BCUT2D eigenvalue weighted by Crippen LogP contribution is 2.26. The van der Waals surface area contributed by atoms with Gasteiger partial charge in [-0.2, -0.15) is 0 Å². The Bertz CT molecular complexity index is 366. The summed E-state index contributed by atoms with van der Waals surface area (Å²) in [6, 6.07) is 6.58. The van der Waals surface area contributed by atoms with E-state index in [1.54, 1.807) is 6.07 Å². The molecule has 4 heteroatoms. The van der Waals surface area contributed by atoms with E-state index in [4.69, 9.17) is 0 Å². The van der Waals surface area contributed by atoms with E-state index >= 15 is 0 Å². The summed E-state index contributed by atoms with van der Waals surface area (Å²) in [7, 11) is 1.85. The summed E-state index contributed by atoms with van der Waals surface area (Å²) in [6.07, 6.45) is 0.872. The van der Waals surface area contributed by atoms with Gasteiger partial charge in [0.05, 0.1) is 12.1 Å². The van der Waals surface area contributed by atoms with E-state index in [0.29, 0.717) is 6.54 Å². The first-order chi connectivity index (χ1) is 7.69. The molecule has 0 aromatic heterocycles. The van der Waals surface area contributed by atoms with Gasteiger partial charge in [-0.15, -0.1) is 0 Å². The van der Waals surface area contributed by atoms with Gasteiger partial charge in [0, 0.05) is 18.8 Å². The number of aliphatic hydroxyl groups is 1. The van der Waals surface area contributed by atoms with E-state index in [1.165, 1.54) is 12.1 Å². The molecule has 1 unspecified atom stereocenters. The monoisotopic (exact) mass is 224 g/mol. The normalized spacial score (nSPS) is 25.1. The Hall–Kier alpha value is -1.13. The fraction of sp³-hybridized carbons (Fsp3) is 0.500. The maximum Gasteiger partial charge on any atom is 0.125 e. The van der Waals surface area contributed by atoms with Crippen molar-refractivity contribution in [3.63, 3.8) is 0 Å². The molecule has 1 fully saturated rings. The average molecular weight is 224 g/mol. The van der Waals surface area contributed by atoms with Gasteiger partial charge in [0.2, 0.25) is 0 Å². The van der Waals surface area contributed by atoms with Gasteiger partial charge < -0.3 is 15.3 Å². The minimum absolute atomic E-state index is 0.106. The Morgan fingerprint density at radius 2 is 2.38 bits per heavy atom. The zero-order valence-electron chi connectivity index (χ0n) is 9.41. The lowest BCUT2D eigenvalue weighted by atomic mass is 10.0. The van der Waals surface area contributed by atoms with Crippen LogP contribution in [0.15, 0.2) is 24.3 Å². The molecule has 0 aliphatic carbocycles. The van der Waals surface area contributed by atoms with Gasteiger partial charge in [0.1, 0.15) is 5.82 Å². The predicted molar refractivity (Wildman–Crippen MR) is 62.1 cm³/mol. The molecule has 0 bridgehead atoms. The molecule has 1 aliphatic heterocycles. The molecule has 2 N–H and O–H groups in total. The van der Waals surface area contributed by atoms with Gasteiger partial charge in [-0.3, -0.25) is 0 Å². The van der Waals surface area contributed by atoms with Crippen LogP contribution in [-0.2, 0) is 0 Å². The SMILES string of the molecule is CNC1(CO)CCN(c2cccc(F)c2)C1. The summed E-state index contributed by atoms with van der Waals surface area (Å²) < 4.78 is 13.1. The molecule has 0 saturated carbocycles. The van der Waals surface area contributed by atoms with Gasteiger partial charge in [-0.25, -0.2) is 4.39 Å². The van der Waals surface area contributed by atoms with Crippen molar-refractivity contribution in [1.29, 1.82) is 0 Å². The van der Waals surface area contributed by atoms with Crippen LogP contribution in [0.1, 0.15) is 6.42 Å². The molecular weight excluding hydrogens is 207 g/mol. The van der Waals surface area contributed by atoms with Crippen molar-refractivity contribution in [3.05, 3.63) is 30.1 Å². The van der Waals surface area contributed by atoms with Gasteiger partial charge in [0.25, 0.3) is 0 Å². The van der Waals surface area contributed by atoms with Crippen LogP contribution in [0.25, 0.3) is 0 Å². The largest absolute Gasteiger partial charge is 0.394 e. The Labute approximate surface area is 94.9 Å². The number of anilines is 1. The zero-order valence-corrected chi connectivity index (χ0v) is 9.41. The highest BCUT2D eigenvalue weighted by molar-refractivity contribution is 5.48. The van der Waals surface area contributed by atoms with Crippen LogP contribution in [0, 0.1) is 5.82 Å². The van der Waals surface area contributed by atoms with Crippen LogP contribution in [0.4, 0.5) is 10.1 Å². The summed E-state index contributed by atoms with van der Waals surface area (Å²) in [5, 5.41) is 12.5. The molecule has 1 aliphatic rings. The fourth-order valence-corrected chi connectivity index (χ4v) is 2.18.